The summed E-state index contributed by atoms with van der Waals surface area (Å²) in [5.74, 6) is -0.497. The highest BCUT2D eigenvalue weighted by molar-refractivity contribution is 7.99. The number of aromatic nitrogens is 2. The van der Waals surface area contributed by atoms with E-state index in [-0.39, 0.29) is 28.3 Å². The average molecular weight is 462 g/mol. The number of fused-ring (bicyclic) bond motifs is 1. The Balaban J connectivity index is 1.68. The van der Waals surface area contributed by atoms with Gasteiger partial charge in [-0.05, 0) is 36.8 Å². The second-order valence-corrected chi connectivity index (χ2v) is 8.53. The summed E-state index contributed by atoms with van der Waals surface area (Å²) in [6, 6.07) is 11.0. The first kappa shape index (κ1) is 21.8. The summed E-state index contributed by atoms with van der Waals surface area (Å²) in [6.45, 7) is 3.64. The van der Waals surface area contributed by atoms with Crippen LogP contribution in [-0.4, -0.2) is 51.9 Å². The molecule has 1 aromatic heterocycles. The number of hydrogen-bond donors (Lipinski definition) is 0. The fourth-order valence-corrected chi connectivity index (χ4v) is 4.56. The molecular formula is C22H21ClFN3O3S. The SMILES string of the molecule is CCC1CN(C(=O)CSc2nc3ccccc3c(=O)n2-c2ccc(F)c(Cl)c2)CCO1. The number of carbonyl (C=O) groups excluding carboxylic acids is 1. The Labute approximate surface area is 188 Å². The molecule has 0 spiro atoms. The Kier molecular flexibility index (Phi) is 6.60. The van der Waals surface area contributed by atoms with Crippen molar-refractivity contribution in [1.29, 1.82) is 0 Å². The Morgan fingerprint density at radius 2 is 2.13 bits per heavy atom. The highest BCUT2D eigenvalue weighted by atomic mass is 35.5. The minimum atomic E-state index is -0.575. The van der Waals surface area contributed by atoms with Crippen molar-refractivity contribution >= 4 is 40.2 Å². The number of nitrogens with zero attached hydrogens (tertiary/aromatic N) is 3. The molecule has 0 N–H and O–H groups in total. The van der Waals surface area contributed by atoms with Crippen molar-refractivity contribution in [3.63, 3.8) is 0 Å². The fraction of sp³-hybridized carbons (Fsp3) is 0.318. The van der Waals surface area contributed by atoms with E-state index in [1.54, 1.807) is 29.2 Å². The summed E-state index contributed by atoms with van der Waals surface area (Å²) in [4.78, 5) is 32.4. The third-order valence-electron chi connectivity index (χ3n) is 5.18. The van der Waals surface area contributed by atoms with Gasteiger partial charge in [0.25, 0.3) is 5.56 Å². The molecule has 1 unspecified atom stereocenters. The van der Waals surface area contributed by atoms with Gasteiger partial charge in [-0.3, -0.25) is 14.2 Å². The first-order valence-corrected chi connectivity index (χ1v) is 11.3. The van der Waals surface area contributed by atoms with Gasteiger partial charge >= 0.3 is 0 Å². The number of carbonyl (C=O) groups is 1. The lowest BCUT2D eigenvalue weighted by atomic mass is 10.2. The van der Waals surface area contributed by atoms with Gasteiger partial charge in [0.2, 0.25) is 5.91 Å². The van der Waals surface area contributed by atoms with E-state index in [2.05, 4.69) is 4.98 Å². The number of thioether (sulfide) groups is 1. The fourth-order valence-electron chi connectivity index (χ4n) is 3.47. The normalized spacial score (nSPS) is 16.6. The topological polar surface area (TPSA) is 64.4 Å². The van der Waals surface area contributed by atoms with E-state index in [9.17, 15) is 14.0 Å². The Bertz CT molecular complexity index is 1190. The number of morpholine rings is 1. The number of benzene rings is 2. The molecule has 1 aliphatic rings. The zero-order chi connectivity index (χ0) is 22.0. The van der Waals surface area contributed by atoms with E-state index in [0.29, 0.717) is 41.4 Å². The molecule has 3 aromatic rings. The van der Waals surface area contributed by atoms with Crippen molar-refractivity contribution in [2.75, 3.05) is 25.4 Å². The molecule has 0 aliphatic carbocycles. The Hall–Kier alpha value is -2.42. The third-order valence-corrected chi connectivity index (χ3v) is 6.39. The second kappa shape index (κ2) is 9.38. The van der Waals surface area contributed by atoms with Gasteiger partial charge in [0.05, 0.1) is 40.1 Å². The smallest absolute Gasteiger partial charge is 0.266 e. The highest BCUT2D eigenvalue weighted by Crippen LogP contribution is 2.25. The molecule has 1 fully saturated rings. The van der Waals surface area contributed by atoms with Gasteiger partial charge in [-0.2, -0.15) is 0 Å². The van der Waals surface area contributed by atoms with Crippen LogP contribution in [0.4, 0.5) is 4.39 Å². The molecular weight excluding hydrogens is 441 g/mol. The maximum Gasteiger partial charge on any atom is 0.266 e. The van der Waals surface area contributed by atoms with Crippen LogP contribution >= 0.6 is 23.4 Å². The van der Waals surface area contributed by atoms with Gasteiger partial charge < -0.3 is 9.64 Å². The van der Waals surface area contributed by atoms with Crippen molar-refractivity contribution in [3.8, 4) is 5.69 Å². The molecule has 162 valence electrons. The van der Waals surface area contributed by atoms with Crippen LogP contribution in [0, 0.1) is 5.82 Å². The number of halogens is 2. The first-order valence-electron chi connectivity index (χ1n) is 9.97. The lowest BCUT2D eigenvalue weighted by Crippen LogP contribution is -2.46. The van der Waals surface area contributed by atoms with Crippen LogP contribution in [0.2, 0.25) is 5.02 Å². The van der Waals surface area contributed by atoms with Crippen LogP contribution in [0.1, 0.15) is 13.3 Å². The summed E-state index contributed by atoms with van der Waals surface area (Å²) in [5, 5.41) is 0.682. The van der Waals surface area contributed by atoms with Gasteiger partial charge in [-0.15, -0.1) is 0 Å². The van der Waals surface area contributed by atoms with E-state index in [0.717, 1.165) is 6.42 Å². The predicted octanol–water partition coefficient (Wildman–Crippen LogP) is 3.91. The summed E-state index contributed by atoms with van der Waals surface area (Å²) in [5.41, 5.74) is 0.618. The summed E-state index contributed by atoms with van der Waals surface area (Å²) in [7, 11) is 0. The molecule has 1 amide bonds. The van der Waals surface area contributed by atoms with Crippen LogP contribution in [-0.2, 0) is 9.53 Å². The van der Waals surface area contributed by atoms with Gasteiger partial charge in [0.15, 0.2) is 5.16 Å². The lowest BCUT2D eigenvalue weighted by molar-refractivity contribution is -0.135. The van der Waals surface area contributed by atoms with Crippen LogP contribution < -0.4 is 5.56 Å². The molecule has 2 heterocycles. The summed E-state index contributed by atoms with van der Waals surface area (Å²) >= 11 is 7.13. The number of rotatable bonds is 5. The lowest BCUT2D eigenvalue weighted by Gasteiger charge is -2.32. The van der Waals surface area contributed by atoms with Crippen molar-refractivity contribution in [2.24, 2.45) is 0 Å². The van der Waals surface area contributed by atoms with E-state index in [1.165, 1.54) is 34.5 Å². The van der Waals surface area contributed by atoms with Crippen LogP contribution in [0.5, 0.6) is 0 Å². The van der Waals surface area contributed by atoms with Gasteiger partial charge in [0, 0.05) is 13.1 Å². The maximum atomic E-state index is 13.7. The zero-order valence-electron chi connectivity index (χ0n) is 16.9. The number of para-hydroxylation sites is 1. The van der Waals surface area contributed by atoms with E-state index in [1.807, 2.05) is 6.92 Å². The standard InChI is InChI=1S/C22H21ClFN3O3S/c1-2-15-12-26(9-10-30-15)20(28)13-31-22-25-19-6-4-3-5-16(19)21(29)27(22)14-7-8-18(24)17(23)11-14/h3-8,11,15H,2,9-10,12-13H2,1H3. The highest BCUT2D eigenvalue weighted by Gasteiger charge is 2.24. The maximum absolute atomic E-state index is 13.7. The van der Waals surface area contributed by atoms with Crippen molar-refractivity contribution < 1.29 is 13.9 Å². The third kappa shape index (κ3) is 4.61. The molecule has 6 nitrogen and oxygen atoms in total. The molecule has 9 heteroatoms. The quantitative estimate of drug-likeness (QED) is 0.426. The number of amides is 1. The minimum Gasteiger partial charge on any atom is -0.375 e. The molecule has 2 aromatic carbocycles. The zero-order valence-corrected chi connectivity index (χ0v) is 18.5. The molecule has 0 radical (unpaired) electrons. The minimum absolute atomic E-state index is 0.0426. The van der Waals surface area contributed by atoms with E-state index >= 15 is 0 Å². The molecule has 1 saturated heterocycles. The van der Waals surface area contributed by atoms with Crippen molar-refractivity contribution in [2.45, 2.75) is 24.6 Å². The van der Waals surface area contributed by atoms with Crippen molar-refractivity contribution in [1.82, 2.24) is 14.5 Å². The second-order valence-electron chi connectivity index (χ2n) is 7.18. The van der Waals surface area contributed by atoms with Gasteiger partial charge in [-0.1, -0.05) is 42.4 Å². The summed E-state index contributed by atoms with van der Waals surface area (Å²) in [6.07, 6.45) is 0.884. The summed E-state index contributed by atoms with van der Waals surface area (Å²) < 4.78 is 20.7. The monoisotopic (exact) mass is 461 g/mol. The largest absolute Gasteiger partial charge is 0.375 e. The van der Waals surface area contributed by atoms with Crippen molar-refractivity contribution in [3.05, 3.63) is 63.7 Å². The van der Waals surface area contributed by atoms with Gasteiger partial charge in [-0.25, -0.2) is 9.37 Å². The van der Waals surface area contributed by atoms with Crippen LogP contribution in [0.15, 0.2) is 52.4 Å². The molecule has 1 aliphatic heterocycles. The molecule has 31 heavy (non-hydrogen) atoms. The number of hydrogen-bond acceptors (Lipinski definition) is 5. The Morgan fingerprint density at radius 1 is 1.32 bits per heavy atom. The van der Waals surface area contributed by atoms with Gasteiger partial charge in [0.1, 0.15) is 5.82 Å². The molecule has 4 rings (SSSR count). The Morgan fingerprint density at radius 3 is 2.90 bits per heavy atom. The number of ether oxygens (including phenoxy) is 1. The molecule has 0 bridgehead atoms. The average Bonchev–Trinajstić information content (AvgIpc) is 2.79. The first-order chi connectivity index (χ1) is 15.0. The van der Waals surface area contributed by atoms with Crippen LogP contribution in [0.25, 0.3) is 16.6 Å². The van der Waals surface area contributed by atoms with Crippen LogP contribution in [0.3, 0.4) is 0 Å². The predicted molar refractivity (Wildman–Crippen MR) is 120 cm³/mol. The van der Waals surface area contributed by atoms with E-state index in [4.69, 9.17) is 16.3 Å². The molecule has 1 atom stereocenters. The molecule has 0 saturated carbocycles. The van der Waals surface area contributed by atoms with E-state index < -0.39 is 5.82 Å².